The van der Waals surface area contributed by atoms with E-state index in [0.717, 1.165) is 6.07 Å². The molecule has 0 fully saturated rings. The molecule has 2 N–H and O–H groups in total. The van der Waals surface area contributed by atoms with Crippen molar-refractivity contribution in [2.75, 3.05) is 5.33 Å². The lowest BCUT2D eigenvalue weighted by atomic mass is 10.0. The molecule has 0 aromatic heterocycles. The van der Waals surface area contributed by atoms with E-state index >= 15 is 0 Å². The normalized spacial score (nSPS) is 12.9. The highest BCUT2D eigenvalue weighted by atomic mass is 79.9. The van der Waals surface area contributed by atoms with Gasteiger partial charge in [0.2, 0.25) is 0 Å². The first kappa shape index (κ1) is 18.9. The van der Waals surface area contributed by atoms with Crippen molar-refractivity contribution in [2.45, 2.75) is 19.1 Å². The summed E-state index contributed by atoms with van der Waals surface area (Å²) in [5, 5.41) is 12.5. The van der Waals surface area contributed by atoms with Crippen LogP contribution in [-0.4, -0.2) is 28.4 Å². The van der Waals surface area contributed by atoms with Gasteiger partial charge in [0.1, 0.15) is 17.7 Å². The fourth-order valence-corrected chi connectivity index (χ4v) is 2.31. The van der Waals surface area contributed by atoms with Gasteiger partial charge >= 0.3 is 5.97 Å². The van der Waals surface area contributed by atoms with E-state index in [1.807, 2.05) is 0 Å². The quantitative estimate of drug-likeness (QED) is 0.685. The summed E-state index contributed by atoms with van der Waals surface area (Å²) < 4.78 is 19.3. The van der Waals surface area contributed by atoms with E-state index in [-0.39, 0.29) is 17.4 Å². The molecule has 0 saturated carbocycles. The molecule has 0 saturated heterocycles. The van der Waals surface area contributed by atoms with Crippen LogP contribution in [-0.2, 0) is 4.79 Å². The van der Waals surface area contributed by atoms with Crippen molar-refractivity contribution >= 4 is 27.8 Å². The van der Waals surface area contributed by atoms with Crippen LogP contribution >= 0.6 is 15.9 Å². The fourth-order valence-electron chi connectivity index (χ4n) is 2.18. The maximum absolute atomic E-state index is 13.7. The number of hydrogen-bond donors (Lipinski definition) is 2. The van der Waals surface area contributed by atoms with Gasteiger partial charge in [0.15, 0.2) is 6.04 Å². The molecule has 132 valence electrons. The predicted octanol–water partition coefficient (Wildman–Crippen LogP) is 3.54. The minimum atomic E-state index is -1.44. The molecule has 0 heterocycles. The summed E-state index contributed by atoms with van der Waals surface area (Å²) in [7, 11) is 0. The molecule has 5 nitrogen and oxygen atoms in total. The van der Waals surface area contributed by atoms with Gasteiger partial charge in [0.05, 0.1) is 0 Å². The molecule has 25 heavy (non-hydrogen) atoms. The number of nitrogens with one attached hydrogen (secondary N) is 1. The number of carboxylic acid groups (broad SMARTS) is 1. The van der Waals surface area contributed by atoms with E-state index in [1.54, 1.807) is 37.3 Å². The fraction of sp³-hybridized carbons (Fsp3) is 0.222. The third-order valence-electron chi connectivity index (χ3n) is 3.39. The Bertz CT molecular complexity index is 754. The number of hydrogen-bond acceptors (Lipinski definition) is 3. The SMILES string of the molecule is C[C@H](CBr)Oc1ccc(F)cc1C(NC(=O)c1ccccc1)C(=O)O. The Morgan fingerprint density at radius 2 is 1.92 bits per heavy atom. The Morgan fingerprint density at radius 3 is 2.52 bits per heavy atom. The van der Waals surface area contributed by atoms with Gasteiger partial charge in [-0.05, 0) is 37.3 Å². The number of carbonyl (C=O) groups is 2. The van der Waals surface area contributed by atoms with Crippen LogP contribution in [0.5, 0.6) is 5.75 Å². The van der Waals surface area contributed by atoms with E-state index in [4.69, 9.17) is 4.74 Å². The molecule has 0 aliphatic carbocycles. The first-order chi connectivity index (χ1) is 11.9. The zero-order valence-electron chi connectivity index (χ0n) is 13.4. The monoisotopic (exact) mass is 409 g/mol. The van der Waals surface area contributed by atoms with E-state index in [0.29, 0.717) is 10.9 Å². The van der Waals surface area contributed by atoms with Gasteiger partial charge in [0, 0.05) is 16.5 Å². The zero-order chi connectivity index (χ0) is 18.4. The average Bonchev–Trinajstić information content (AvgIpc) is 2.61. The van der Waals surface area contributed by atoms with Gasteiger partial charge in [-0.15, -0.1) is 0 Å². The summed E-state index contributed by atoms with van der Waals surface area (Å²) in [6, 6.07) is 10.3. The minimum absolute atomic E-state index is 0.0459. The zero-order valence-corrected chi connectivity index (χ0v) is 15.0. The summed E-state index contributed by atoms with van der Waals surface area (Å²) in [6.07, 6.45) is -0.261. The number of benzene rings is 2. The van der Waals surface area contributed by atoms with Crippen LogP contribution in [0, 0.1) is 5.82 Å². The Morgan fingerprint density at radius 1 is 1.24 bits per heavy atom. The van der Waals surface area contributed by atoms with E-state index < -0.39 is 23.7 Å². The molecule has 0 aliphatic rings. The second kappa shape index (κ2) is 8.62. The predicted molar refractivity (Wildman–Crippen MR) is 94.6 cm³/mol. The number of carbonyl (C=O) groups excluding carboxylic acids is 1. The molecule has 2 aromatic carbocycles. The molecule has 0 spiro atoms. The van der Waals surface area contributed by atoms with Crippen LogP contribution in [0.4, 0.5) is 4.39 Å². The largest absolute Gasteiger partial charge is 0.489 e. The molecule has 2 aromatic rings. The number of amides is 1. The van der Waals surface area contributed by atoms with Crippen LogP contribution < -0.4 is 10.1 Å². The van der Waals surface area contributed by atoms with Gasteiger partial charge in [-0.3, -0.25) is 4.79 Å². The van der Waals surface area contributed by atoms with Crippen LogP contribution in [0.1, 0.15) is 28.9 Å². The van der Waals surface area contributed by atoms with Crippen molar-refractivity contribution in [3.8, 4) is 5.75 Å². The lowest BCUT2D eigenvalue weighted by Crippen LogP contribution is -2.34. The highest BCUT2D eigenvalue weighted by Crippen LogP contribution is 2.28. The Balaban J connectivity index is 2.35. The Labute approximate surface area is 152 Å². The summed E-state index contributed by atoms with van der Waals surface area (Å²) in [5.41, 5.74) is 0.353. The first-order valence-corrected chi connectivity index (χ1v) is 8.65. The second-order valence-corrected chi connectivity index (χ2v) is 6.02. The molecule has 2 rings (SSSR count). The third-order valence-corrected chi connectivity index (χ3v) is 4.30. The van der Waals surface area contributed by atoms with Gasteiger partial charge in [-0.2, -0.15) is 0 Å². The smallest absolute Gasteiger partial charge is 0.331 e. The van der Waals surface area contributed by atoms with Crippen LogP contribution in [0.15, 0.2) is 48.5 Å². The third kappa shape index (κ3) is 5.03. The summed E-state index contributed by atoms with van der Waals surface area (Å²) in [5.74, 6) is -2.30. The highest BCUT2D eigenvalue weighted by Gasteiger charge is 2.27. The number of rotatable bonds is 7. The van der Waals surface area contributed by atoms with Crippen molar-refractivity contribution in [2.24, 2.45) is 0 Å². The average molecular weight is 410 g/mol. The lowest BCUT2D eigenvalue weighted by Gasteiger charge is -2.21. The van der Waals surface area contributed by atoms with E-state index in [1.165, 1.54) is 12.1 Å². The first-order valence-electron chi connectivity index (χ1n) is 7.53. The number of ether oxygens (including phenoxy) is 1. The molecular weight excluding hydrogens is 393 g/mol. The summed E-state index contributed by atoms with van der Waals surface area (Å²) in [4.78, 5) is 24.0. The van der Waals surface area contributed by atoms with Crippen LogP contribution in [0.25, 0.3) is 0 Å². The topological polar surface area (TPSA) is 75.6 Å². The summed E-state index contributed by atoms with van der Waals surface area (Å²) >= 11 is 3.26. The lowest BCUT2D eigenvalue weighted by molar-refractivity contribution is -0.139. The van der Waals surface area contributed by atoms with Crippen molar-refractivity contribution in [1.29, 1.82) is 0 Å². The molecule has 2 atom stereocenters. The van der Waals surface area contributed by atoms with Crippen molar-refractivity contribution in [1.82, 2.24) is 5.32 Å². The molecule has 0 aliphatic heterocycles. The van der Waals surface area contributed by atoms with Gasteiger partial charge < -0.3 is 15.2 Å². The minimum Gasteiger partial charge on any atom is -0.489 e. The van der Waals surface area contributed by atoms with Gasteiger partial charge in [-0.1, -0.05) is 34.1 Å². The number of alkyl halides is 1. The van der Waals surface area contributed by atoms with E-state index in [9.17, 15) is 19.1 Å². The van der Waals surface area contributed by atoms with Gasteiger partial charge in [-0.25, -0.2) is 9.18 Å². The molecule has 1 amide bonds. The number of halogens is 2. The molecule has 1 unspecified atom stereocenters. The van der Waals surface area contributed by atoms with Crippen molar-refractivity contribution in [3.63, 3.8) is 0 Å². The van der Waals surface area contributed by atoms with Gasteiger partial charge in [0.25, 0.3) is 5.91 Å². The molecule has 0 radical (unpaired) electrons. The van der Waals surface area contributed by atoms with Crippen LogP contribution in [0.3, 0.4) is 0 Å². The Kier molecular flexibility index (Phi) is 6.52. The molecular formula is C18H17BrFNO4. The maximum Gasteiger partial charge on any atom is 0.331 e. The number of carboxylic acids is 1. The maximum atomic E-state index is 13.7. The Hall–Kier alpha value is -2.41. The van der Waals surface area contributed by atoms with E-state index in [2.05, 4.69) is 21.2 Å². The highest BCUT2D eigenvalue weighted by molar-refractivity contribution is 9.09. The van der Waals surface area contributed by atoms with Crippen molar-refractivity contribution in [3.05, 3.63) is 65.5 Å². The second-order valence-electron chi connectivity index (χ2n) is 5.38. The standard InChI is InChI=1S/C18H17BrFNO4/c1-11(10-19)25-15-8-7-13(20)9-14(15)16(18(23)24)21-17(22)12-5-3-2-4-6-12/h2-9,11,16H,10H2,1H3,(H,21,22)(H,23,24)/t11-,16?/m1/s1. The molecule has 7 heteroatoms. The van der Waals surface area contributed by atoms with Crippen LogP contribution in [0.2, 0.25) is 0 Å². The summed E-state index contributed by atoms with van der Waals surface area (Å²) in [6.45, 7) is 1.78. The number of aliphatic carboxylic acids is 1. The van der Waals surface area contributed by atoms with Crippen molar-refractivity contribution < 1.29 is 23.8 Å². The molecule has 0 bridgehead atoms.